The average Bonchev–Trinajstić information content (AvgIpc) is 2.96. The summed E-state index contributed by atoms with van der Waals surface area (Å²) >= 11 is 0. The van der Waals surface area contributed by atoms with Gasteiger partial charge in [-0.2, -0.15) is 5.26 Å². The van der Waals surface area contributed by atoms with Gasteiger partial charge in [-0.25, -0.2) is 19.4 Å². The molecule has 0 atom stereocenters. The number of benzene rings is 2. The fraction of sp³-hybridized carbons (Fsp3) is 0.429. The summed E-state index contributed by atoms with van der Waals surface area (Å²) in [6, 6.07) is 14.8. The number of aliphatic imine (C=N–C) groups is 1. The lowest BCUT2D eigenvalue weighted by Gasteiger charge is -2.09. The molecule has 0 aromatic heterocycles. The third kappa shape index (κ3) is 15.7. The molecule has 4 amide bonds. The van der Waals surface area contributed by atoms with Crippen molar-refractivity contribution in [3.05, 3.63) is 48.5 Å². The molecule has 0 saturated heterocycles. The Morgan fingerprint density at radius 1 is 0.725 bits per heavy atom. The van der Waals surface area contributed by atoms with Crippen LogP contribution in [0.5, 0.6) is 0 Å². The number of unbranched alkanes of at least 4 members (excludes halogenated alkanes) is 6. The third-order valence-electron chi connectivity index (χ3n) is 5.53. The van der Waals surface area contributed by atoms with Gasteiger partial charge >= 0.3 is 12.1 Å². The molecule has 0 bridgehead atoms. The van der Waals surface area contributed by atoms with Crippen LogP contribution in [0.4, 0.5) is 21.0 Å². The van der Waals surface area contributed by atoms with Gasteiger partial charge in [-0.1, -0.05) is 40.9 Å². The highest BCUT2D eigenvalue weighted by atomic mass is 33.1. The maximum atomic E-state index is 12.1. The maximum Gasteiger partial charge on any atom is 0.319 e. The zero-order valence-electron chi connectivity index (χ0n) is 22.4. The Balaban J connectivity index is 1.59. The molecule has 40 heavy (non-hydrogen) atoms. The van der Waals surface area contributed by atoms with Crippen LogP contribution >= 0.6 is 21.6 Å². The highest BCUT2D eigenvalue weighted by Crippen LogP contribution is 2.38. The molecule has 0 fully saturated rings. The average molecular weight is 585 g/mol. The first-order valence-corrected chi connectivity index (χ1v) is 15.4. The minimum absolute atomic E-state index is 0.233. The fourth-order valence-corrected chi connectivity index (χ4v) is 5.38. The number of carbonyl (C=O) groups is 2. The molecule has 0 aliphatic rings. The molecule has 0 aliphatic carbocycles. The smallest absolute Gasteiger partial charge is 0.319 e. The normalized spacial score (nSPS) is 10.1. The van der Waals surface area contributed by atoms with Crippen LogP contribution in [0.2, 0.25) is 0 Å². The van der Waals surface area contributed by atoms with Crippen LogP contribution in [0.3, 0.4) is 0 Å². The Morgan fingerprint density at radius 2 is 1.20 bits per heavy atom. The summed E-state index contributed by atoms with van der Waals surface area (Å²) in [5, 5.41) is 19.7. The molecule has 0 aliphatic heterocycles. The molecule has 0 saturated carbocycles. The Kier molecular flexibility index (Phi) is 17.3. The third-order valence-corrected chi connectivity index (χ3v) is 7.95. The molecule has 0 radical (unpaired) electrons. The highest BCUT2D eigenvalue weighted by Gasteiger charge is 2.04. The van der Waals surface area contributed by atoms with Gasteiger partial charge in [0.2, 0.25) is 6.08 Å². The van der Waals surface area contributed by atoms with E-state index in [1.54, 1.807) is 27.8 Å². The van der Waals surface area contributed by atoms with E-state index < -0.39 is 0 Å². The molecule has 2 aromatic rings. The van der Waals surface area contributed by atoms with Crippen molar-refractivity contribution < 1.29 is 19.1 Å². The van der Waals surface area contributed by atoms with Gasteiger partial charge in [-0.3, -0.25) is 0 Å². The molecule has 0 heterocycles. The standard InChI is InChI=1S/C28H36N6O4S2/c29-21-38-20-8-4-3-7-19-32-28(37)34-24-11-15-26(16-12-24)40-39-25-13-9-23(10-14-25)33-27(36)31-18-6-2-1-5-17-30-22-35/h9-16H,1-8,17-20H2,(H2,31,33,36)(H2,32,34,37). The van der Waals surface area contributed by atoms with Crippen molar-refractivity contribution in [3.63, 3.8) is 0 Å². The Labute approximate surface area is 243 Å². The van der Waals surface area contributed by atoms with Crippen molar-refractivity contribution >= 4 is 51.1 Å². The predicted molar refractivity (Wildman–Crippen MR) is 160 cm³/mol. The van der Waals surface area contributed by atoms with E-state index in [-0.39, 0.29) is 12.1 Å². The van der Waals surface area contributed by atoms with Gasteiger partial charge in [0.15, 0.2) is 0 Å². The highest BCUT2D eigenvalue weighted by molar-refractivity contribution is 8.76. The summed E-state index contributed by atoms with van der Waals surface area (Å²) in [5.74, 6) is 0. The summed E-state index contributed by atoms with van der Waals surface area (Å²) in [6.07, 6.45) is 10.5. The summed E-state index contributed by atoms with van der Waals surface area (Å²) in [7, 11) is 3.21. The molecular formula is C28H36N6O4S2. The van der Waals surface area contributed by atoms with Crippen LogP contribution < -0.4 is 21.3 Å². The van der Waals surface area contributed by atoms with Crippen molar-refractivity contribution in [3.8, 4) is 6.26 Å². The van der Waals surface area contributed by atoms with E-state index in [0.29, 0.717) is 26.2 Å². The van der Waals surface area contributed by atoms with Crippen LogP contribution in [-0.2, 0) is 9.53 Å². The van der Waals surface area contributed by atoms with Crippen LogP contribution in [0.25, 0.3) is 0 Å². The largest absolute Gasteiger partial charge is 0.428 e. The van der Waals surface area contributed by atoms with Crippen molar-refractivity contribution in [2.75, 3.05) is 36.9 Å². The SMILES string of the molecule is N#COCCCCCCNC(=O)Nc1ccc(SSc2ccc(NC(=O)NCCCCCCN=C=O)cc2)cc1. The predicted octanol–water partition coefficient (Wildman–Crippen LogP) is 6.68. The number of isocyanates is 1. The van der Waals surface area contributed by atoms with Crippen molar-refractivity contribution in [2.24, 2.45) is 4.99 Å². The van der Waals surface area contributed by atoms with Gasteiger partial charge in [-0.05, 0) is 80.6 Å². The Bertz CT molecular complexity index is 1100. The second kappa shape index (κ2) is 21.2. The van der Waals surface area contributed by atoms with Crippen LogP contribution in [0.15, 0.2) is 63.3 Å². The Hall–Kier alpha value is -3.65. The number of hydrogen-bond acceptors (Lipinski definition) is 8. The fourth-order valence-electron chi connectivity index (χ4n) is 3.45. The van der Waals surface area contributed by atoms with Gasteiger partial charge < -0.3 is 26.0 Å². The van der Waals surface area contributed by atoms with E-state index in [0.717, 1.165) is 72.5 Å². The minimum Gasteiger partial charge on any atom is -0.428 e. The summed E-state index contributed by atoms with van der Waals surface area (Å²) < 4.78 is 4.63. The van der Waals surface area contributed by atoms with E-state index in [4.69, 9.17) is 5.26 Å². The lowest BCUT2D eigenvalue weighted by molar-refractivity contribution is 0.250. The first-order valence-electron chi connectivity index (χ1n) is 13.3. The quantitative estimate of drug-likeness (QED) is 0.0474. The molecule has 0 unspecified atom stereocenters. The topological polar surface area (TPSA) is 145 Å². The molecule has 12 heteroatoms. The van der Waals surface area contributed by atoms with Gasteiger partial charge in [0, 0.05) is 34.3 Å². The summed E-state index contributed by atoms with van der Waals surface area (Å²) in [4.78, 5) is 39.7. The zero-order chi connectivity index (χ0) is 28.7. The van der Waals surface area contributed by atoms with E-state index in [9.17, 15) is 14.4 Å². The minimum atomic E-state index is -0.235. The van der Waals surface area contributed by atoms with E-state index in [1.165, 1.54) is 6.08 Å². The van der Waals surface area contributed by atoms with E-state index >= 15 is 0 Å². The lowest BCUT2D eigenvalue weighted by Crippen LogP contribution is -2.29. The molecule has 2 aromatic carbocycles. The first kappa shape index (κ1) is 32.6. The van der Waals surface area contributed by atoms with Gasteiger partial charge in [-0.15, -0.1) is 0 Å². The summed E-state index contributed by atoms with van der Waals surface area (Å²) in [6.45, 7) is 2.15. The number of amides is 4. The molecule has 214 valence electrons. The number of rotatable bonds is 19. The number of nitrogens with one attached hydrogen (secondary N) is 4. The van der Waals surface area contributed by atoms with E-state index in [1.807, 2.05) is 48.5 Å². The number of anilines is 2. The van der Waals surface area contributed by atoms with Crippen LogP contribution in [0.1, 0.15) is 51.4 Å². The van der Waals surface area contributed by atoms with Crippen molar-refractivity contribution in [1.29, 1.82) is 5.26 Å². The second-order valence-electron chi connectivity index (χ2n) is 8.72. The van der Waals surface area contributed by atoms with Gasteiger partial charge in [0.25, 0.3) is 6.26 Å². The molecule has 4 N–H and O–H groups in total. The van der Waals surface area contributed by atoms with E-state index in [2.05, 4.69) is 31.0 Å². The molecular weight excluding hydrogens is 548 g/mol. The number of hydrogen-bond donors (Lipinski definition) is 4. The number of carbonyl (C=O) groups excluding carboxylic acids is 3. The number of nitriles is 1. The maximum absolute atomic E-state index is 12.1. The number of urea groups is 2. The number of nitrogens with zero attached hydrogens (tertiary/aromatic N) is 2. The zero-order valence-corrected chi connectivity index (χ0v) is 24.1. The van der Waals surface area contributed by atoms with Crippen molar-refractivity contribution in [1.82, 2.24) is 10.6 Å². The van der Waals surface area contributed by atoms with Gasteiger partial charge in [0.05, 0.1) is 6.54 Å². The van der Waals surface area contributed by atoms with Crippen LogP contribution in [0, 0.1) is 11.5 Å². The van der Waals surface area contributed by atoms with Gasteiger partial charge in [0.1, 0.15) is 6.61 Å². The molecule has 0 spiro atoms. The monoisotopic (exact) mass is 584 g/mol. The molecule has 10 nitrogen and oxygen atoms in total. The first-order chi connectivity index (χ1) is 19.6. The lowest BCUT2D eigenvalue weighted by atomic mass is 10.2. The number of ether oxygens (including phenoxy) is 1. The van der Waals surface area contributed by atoms with Crippen LogP contribution in [-0.4, -0.2) is 44.4 Å². The Morgan fingerprint density at radius 3 is 1.68 bits per heavy atom. The van der Waals surface area contributed by atoms with Crippen molar-refractivity contribution in [2.45, 2.75) is 61.2 Å². The second-order valence-corrected chi connectivity index (χ2v) is 11.0. The molecule has 2 rings (SSSR count). The summed E-state index contributed by atoms with van der Waals surface area (Å²) in [5.41, 5.74) is 1.44.